The van der Waals surface area contributed by atoms with Gasteiger partial charge in [0, 0.05) is 18.0 Å². The number of halogens is 1. The molecule has 1 aromatic heterocycles. The predicted octanol–water partition coefficient (Wildman–Crippen LogP) is 3.36. The molecular formula is C14H19ClN2O3S. The van der Waals surface area contributed by atoms with Crippen LogP contribution in [0.2, 0.25) is 4.34 Å². The number of piperidine rings is 1. The Morgan fingerprint density at radius 3 is 2.52 bits per heavy atom. The van der Waals surface area contributed by atoms with Crippen LogP contribution in [-0.4, -0.2) is 35.1 Å². The second-order valence-corrected chi connectivity index (χ2v) is 7.41. The van der Waals surface area contributed by atoms with Crippen molar-refractivity contribution in [2.45, 2.75) is 32.7 Å². The maximum atomic E-state index is 12.2. The lowest BCUT2D eigenvalue weighted by molar-refractivity contribution is -0.150. The number of carbonyl (C=O) groups is 2. The van der Waals surface area contributed by atoms with Crippen LogP contribution in [-0.2, 0) is 4.79 Å². The first-order valence-corrected chi connectivity index (χ1v) is 8.05. The number of hydrogen-bond acceptors (Lipinski definition) is 3. The number of likely N-dealkylation sites (tertiary alicyclic amines) is 1. The molecule has 1 saturated heterocycles. The number of aliphatic carboxylic acids is 1. The lowest BCUT2D eigenvalue weighted by Crippen LogP contribution is -2.49. The van der Waals surface area contributed by atoms with E-state index >= 15 is 0 Å². The summed E-state index contributed by atoms with van der Waals surface area (Å²) in [5, 5.41) is 12.1. The summed E-state index contributed by atoms with van der Waals surface area (Å²) < 4.78 is 0.696. The average molecular weight is 331 g/mol. The molecule has 0 saturated carbocycles. The van der Waals surface area contributed by atoms with Crippen LogP contribution in [0.3, 0.4) is 0 Å². The number of amides is 2. The normalized spacial score (nSPS) is 19.1. The van der Waals surface area contributed by atoms with Gasteiger partial charge in [0.15, 0.2) is 0 Å². The smallest absolute Gasteiger partial charge is 0.317 e. The van der Waals surface area contributed by atoms with Crippen LogP contribution in [0, 0.1) is 5.41 Å². The summed E-state index contributed by atoms with van der Waals surface area (Å²) in [6.07, 6.45) is 0.962. The van der Waals surface area contributed by atoms with Gasteiger partial charge in [0.1, 0.15) is 0 Å². The van der Waals surface area contributed by atoms with Gasteiger partial charge in [-0.3, -0.25) is 4.79 Å². The Balaban J connectivity index is 1.89. The highest BCUT2D eigenvalue weighted by atomic mass is 35.5. The van der Waals surface area contributed by atoms with Crippen LogP contribution in [0.15, 0.2) is 12.1 Å². The van der Waals surface area contributed by atoms with Crippen LogP contribution >= 0.6 is 22.9 Å². The number of nitrogens with zero attached hydrogens (tertiary/aromatic N) is 1. The van der Waals surface area contributed by atoms with E-state index in [2.05, 4.69) is 5.32 Å². The van der Waals surface area contributed by atoms with Crippen molar-refractivity contribution in [2.24, 2.45) is 5.41 Å². The molecule has 1 aliphatic heterocycles. The van der Waals surface area contributed by atoms with Gasteiger partial charge in [0.2, 0.25) is 0 Å². The number of hydrogen-bond donors (Lipinski definition) is 2. The molecule has 1 aliphatic rings. The molecule has 0 spiro atoms. The Morgan fingerprint density at radius 2 is 2.05 bits per heavy atom. The van der Waals surface area contributed by atoms with Crippen molar-refractivity contribution >= 4 is 34.9 Å². The number of carboxylic acids is 1. The van der Waals surface area contributed by atoms with Gasteiger partial charge >= 0.3 is 12.0 Å². The van der Waals surface area contributed by atoms with E-state index in [1.54, 1.807) is 11.8 Å². The fraction of sp³-hybridized carbons (Fsp3) is 0.571. The summed E-state index contributed by atoms with van der Waals surface area (Å²) in [5.74, 6) is -0.788. The molecule has 5 nitrogen and oxygen atoms in total. The SMILES string of the molecule is CC(NC(=O)N1CCC(C)(C(=O)O)CC1)c1ccc(Cl)s1. The molecule has 1 aromatic rings. The molecular weight excluding hydrogens is 312 g/mol. The van der Waals surface area contributed by atoms with Gasteiger partial charge < -0.3 is 15.3 Å². The Labute approximate surface area is 132 Å². The summed E-state index contributed by atoms with van der Waals surface area (Å²) >= 11 is 7.33. The number of nitrogens with one attached hydrogen (secondary N) is 1. The third-order valence-electron chi connectivity index (χ3n) is 4.03. The molecule has 1 unspecified atom stereocenters. The summed E-state index contributed by atoms with van der Waals surface area (Å²) in [6.45, 7) is 4.57. The van der Waals surface area contributed by atoms with Gasteiger partial charge in [-0.15, -0.1) is 11.3 Å². The minimum absolute atomic E-state index is 0.109. The minimum atomic E-state index is -0.788. The topological polar surface area (TPSA) is 69.6 Å². The maximum absolute atomic E-state index is 12.2. The summed E-state index contributed by atoms with van der Waals surface area (Å²) in [7, 11) is 0. The Morgan fingerprint density at radius 1 is 1.43 bits per heavy atom. The van der Waals surface area contributed by atoms with E-state index < -0.39 is 11.4 Å². The van der Waals surface area contributed by atoms with Crippen molar-refractivity contribution in [1.29, 1.82) is 0 Å². The fourth-order valence-corrected chi connectivity index (χ4v) is 3.39. The van der Waals surface area contributed by atoms with E-state index in [1.165, 1.54) is 11.3 Å². The van der Waals surface area contributed by atoms with Crippen LogP contribution in [0.4, 0.5) is 4.79 Å². The molecule has 0 aliphatic carbocycles. The van der Waals surface area contributed by atoms with E-state index in [4.69, 9.17) is 11.6 Å². The van der Waals surface area contributed by atoms with Crippen LogP contribution < -0.4 is 5.32 Å². The van der Waals surface area contributed by atoms with Crippen molar-refractivity contribution in [3.05, 3.63) is 21.3 Å². The van der Waals surface area contributed by atoms with E-state index in [0.717, 1.165) is 4.88 Å². The third-order valence-corrected chi connectivity index (χ3v) is 5.45. The number of carbonyl (C=O) groups excluding carboxylic acids is 1. The third kappa shape index (κ3) is 3.68. The second-order valence-electron chi connectivity index (χ2n) is 5.67. The molecule has 0 aromatic carbocycles. The highest BCUT2D eigenvalue weighted by molar-refractivity contribution is 7.16. The van der Waals surface area contributed by atoms with E-state index in [9.17, 15) is 14.7 Å². The summed E-state index contributed by atoms with van der Waals surface area (Å²) in [6, 6.07) is 3.45. The maximum Gasteiger partial charge on any atom is 0.317 e. The molecule has 2 rings (SSSR count). The fourth-order valence-electron chi connectivity index (χ4n) is 2.33. The average Bonchev–Trinajstić information content (AvgIpc) is 2.86. The first-order chi connectivity index (χ1) is 9.82. The van der Waals surface area contributed by atoms with Crippen molar-refractivity contribution in [3.63, 3.8) is 0 Å². The van der Waals surface area contributed by atoms with Gasteiger partial charge in [0.05, 0.1) is 15.8 Å². The lowest BCUT2D eigenvalue weighted by atomic mass is 9.80. The molecule has 0 bridgehead atoms. The lowest BCUT2D eigenvalue weighted by Gasteiger charge is -2.36. The van der Waals surface area contributed by atoms with Crippen LogP contribution in [0.5, 0.6) is 0 Å². The van der Waals surface area contributed by atoms with Gasteiger partial charge in [-0.2, -0.15) is 0 Å². The standard InChI is InChI=1S/C14H19ClN2O3S/c1-9(10-3-4-11(15)21-10)16-13(20)17-7-5-14(2,6-8-17)12(18)19/h3-4,9H,5-8H2,1-2H3,(H,16,20)(H,18,19). The molecule has 2 N–H and O–H groups in total. The van der Waals surface area contributed by atoms with Crippen LogP contribution in [0.25, 0.3) is 0 Å². The van der Waals surface area contributed by atoms with E-state index in [-0.39, 0.29) is 12.1 Å². The minimum Gasteiger partial charge on any atom is -0.481 e. The number of carboxylic acid groups (broad SMARTS) is 1. The molecule has 1 atom stereocenters. The molecule has 0 radical (unpaired) electrons. The summed E-state index contributed by atoms with van der Waals surface area (Å²) in [4.78, 5) is 26.1. The van der Waals surface area contributed by atoms with Crippen molar-refractivity contribution in [3.8, 4) is 0 Å². The molecule has 2 heterocycles. The monoisotopic (exact) mass is 330 g/mol. The van der Waals surface area contributed by atoms with Crippen LogP contribution in [0.1, 0.15) is 37.6 Å². The quantitative estimate of drug-likeness (QED) is 0.892. The zero-order valence-corrected chi connectivity index (χ0v) is 13.6. The highest BCUT2D eigenvalue weighted by Gasteiger charge is 2.38. The van der Waals surface area contributed by atoms with Crippen molar-refractivity contribution in [2.75, 3.05) is 13.1 Å². The number of urea groups is 1. The largest absolute Gasteiger partial charge is 0.481 e. The predicted molar refractivity (Wildman–Crippen MR) is 82.8 cm³/mol. The highest BCUT2D eigenvalue weighted by Crippen LogP contribution is 2.31. The Hall–Kier alpha value is -1.27. The van der Waals surface area contributed by atoms with E-state index in [0.29, 0.717) is 30.3 Å². The van der Waals surface area contributed by atoms with Gasteiger partial charge in [-0.25, -0.2) is 4.79 Å². The van der Waals surface area contributed by atoms with Gasteiger partial charge in [-0.1, -0.05) is 11.6 Å². The molecule has 7 heteroatoms. The number of thiophene rings is 1. The van der Waals surface area contributed by atoms with Gasteiger partial charge in [0.25, 0.3) is 0 Å². The number of rotatable bonds is 3. The zero-order valence-electron chi connectivity index (χ0n) is 12.1. The molecule has 21 heavy (non-hydrogen) atoms. The Bertz CT molecular complexity index is 538. The summed E-state index contributed by atoms with van der Waals surface area (Å²) in [5.41, 5.74) is -0.719. The first-order valence-electron chi connectivity index (χ1n) is 6.86. The second kappa shape index (κ2) is 6.23. The first kappa shape index (κ1) is 16.1. The van der Waals surface area contributed by atoms with Gasteiger partial charge in [-0.05, 0) is 38.8 Å². The molecule has 2 amide bonds. The van der Waals surface area contributed by atoms with Crippen molar-refractivity contribution in [1.82, 2.24) is 10.2 Å². The zero-order chi connectivity index (χ0) is 15.6. The Kier molecular flexibility index (Phi) is 4.78. The molecule has 1 fully saturated rings. The molecule has 116 valence electrons. The van der Waals surface area contributed by atoms with E-state index in [1.807, 2.05) is 19.1 Å². The van der Waals surface area contributed by atoms with Crippen molar-refractivity contribution < 1.29 is 14.7 Å².